The molecule has 112 valence electrons. The van der Waals surface area contributed by atoms with Crippen LogP contribution in [0.15, 0.2) is 36.4 Å². The maximum atomic E-state index is 6.10. The lowest BCUT2D eigenvalue weighted by Gasteiger charge is -2.27. The summed E-state index contributed by atoms with van der Waals surface area (Å²) < 4.78 is 10.6. The maximum Gasteiger partial charge on any atom is 0.137 e. The Kier molecular flexibility index (Phi) is 4.70. The van der Waals surface area contributed by atoms with Gasteiger partial charge < -0.3 is 9.47 Å². The van der Waals surface area contributed by atoms with Crippen molar-refractivity contribution in [2.45, 2.75) is 19.3 Å². The van der Waals surface area contributed by atoms with Gasteiger partial charge in [0.2, 0.25) is 0 Å². The zero-order valence-electron chi connectivity index (χ0n) is 12.5. The van der Waals surface area contributed by atoms with Crippen LogP contribution in [-0.2, 0) is 5.41 Å². The summed E-state index contributed by atoms with van der Waals surface area (Å²) in [5.41, 5.74) is 1.98. The third-order valence-electron chi connectivity index (χ3n) is 3.75. The van der Waals surface area contributed by atoms with E-state index in [1.54, 1.807) is 14.2 Å². The quantitative estimate of drug-likeness (QED) is 0.756. The van der Waals surface area contributed by atoms with Crippen molar-refractivity contribution in [3.05, 3.63) is 57.6 Å². The first-order chi connectivity index (χ1) is 9.90. The molecule has 0 unspecified atom stereocenters. The first-order valence-electron chi connectivity index (χ1n) is 6.58. The van der Waals surface area contributed by atoms with Gasteiger partial charge in [-0.25, -0.2) is 0 Å². The summed E-state index contributed by atoms with van der Waals surface area (Å²) in [6.07, 6.45) is 0. The van der Waals surface area contributed by atoms with E-state index < -0.39 is 0 Å². The SMILES string of the molecule is COc1cc(C(C)(C)c2ccc(Cl)c(OC)c2)ccc1Cl. The molecule has 0 spiro atoms. The molecule has 0 radical (unpaired) electrons. The van der Waals surface area contributed by atoms with Gasteiger partial charge in [-0.15, -0.1) is 0 Å². The van der Waals surface area contributed by atoms with Gasteiger partial charge in [-0.2, -0.15) is 0 Å². The molecule has 2 rings (SSSR count). The van der Waals surface area contributed by atoms with Crippen LogP contribution in [0.1, 0.15) is 25.0 Å². The fraction of sp³-hybridized carbons (Fsp3) is 0.294. The van der Waals surface area contributed by atoms with Crippen LogP contribution in [-0.4, -0.2) is 14.2 Å². The zero-order chi connectivity index (χ0) is 15.6. The highest BCUT2D eigenvalue weighted by molar-refractivity contribution is 6.32. The minimum Gasteiger partial charge on any atom is -0.495 e. The van der Waals surface area contributed by atoms with E-state index in [4.69, 9.17) is 32.7 Å². The molecule has 0 aliphatic carbocycles. The predicted molar refractivity (Wildman–Crippen MR) is 88.1 cm³/mol. The number of benzene rings is 2. The lowest BCUT2D eigenvalue weighted by Crippen LogP contribution is -2.19. The van der Waals surface area contributed by atoms with Crippen LogP contribution >= 0.6 is 23.2 Å². The minimum absolute atomic E-state index is 0.226. The Labute approximate surface area is 135 Å². The highest BCUT2D eigenvalue weighted by atomic mass is 35.5. The van der Waals surface area contributed by atoms with Crippen LogP contribution in [0.4, 0.5) is 0 Å². The molecule has 2 aromatic carbocycles. The zero-order valence-corrected chi connectivity index (χ0v) is 14.0. The van der Waals surface area contributed by atoms with Gasteiger partial charge in [-0.3, -0.25) is 0 Å². The van der Waals surface area contributed by atoms with E-state index in [2.05, 4.69) is 13.8 Å². The molecule has 0 atom stereocenters. The molecule has 2 aromatic rings. The first kappa shape index (κ1) is 16.0. The van der Waals surface area contributed by atoms with Gasteiger partial charge in [0.1, 0.15) is 11.5 Å². The number of ether oxygens (including phenoxy) is 2. The van der Waals surface area contributed by atoms with Crippen LogP contribution in [0.2, 0.25) is 10.0 Å². The molecule has 0 amide bonds. The summed E-state index contributed by atoms with van der Waals surface area (Å²) in [4.78, 5) is 0. The fourth-order valence-corrected chi connectivity index (χ4v) is 2.65. The lowest BCUT2D eigenvalue weighted by molar-refractivity contribution is 0.412. The number of hydrogen-bond acceptors (Lipinski definition) is 2. The first-order valence-corrected chi connectivity index (χ1v) is 7.33. The van der Waals surface area contributed by atoms with Crippen LogP contribution in [0, 0.1) is 0 Å². The fourth-order valence-electron chi connectivity index (χ4n) is 2.26. The van der Waals surface area contributed by atoms with Gasteiger partial charge in [0.05, 0.1) is 24.3 Å². The molecule has 0 saturated heterocycles. The Bertz CT molecular complexity index is 596. The minimum atomic E-state index is -0.226. The van der Waals surface area contributed by atoms with E-state index in [0.29, 0.717) is 21.5 Å². The topological polar surface area (TPSA) is 18.5 Å². The summed E-state index contributed by atoms with van der Waals surface area (Å²) >= 11 is 12.2. The molecule has 0 bridgehead atoms. The standard InChI is InChI=1S/C17H18Cl2O2/c1-17(2,11-5-7-13(18)15(9-11)20-3)12-6-8-14(19)16(10-12)21-4/h5-10H,1-4H3. The van der Waals surface area contributed by atoms with E-state index in [-0.39, 0.29) is 5.41 Å². The third-order valence-corrected chi connectivity index (χ3v) is 4.37. The summed E-state index contributed by atoms with van der Waals surface area (Å²) in [6, 6.07) is 11.6. The van der Waals surface area contributed by atoms with Crippen molar-refractivity contribution in [1.82, 2.24) is 0 Å². The van der Waals surface area contributed by atoms with Gasteiger partial charge in [-0.1, -0.05) is 49.2 Å². The molecule has 0 aliphatic rings. The van der Waals surface area contributed by atoms with Gasteiger partial charge in [0, 0.05) is 5.41 Å². The Balaban J connectivity index is 2.50. The molecule has 0 saturated carbocycles. The number of hydrogen-bond donors (Lipinski definition) is 0. The molecule has 0 aliphatic heterocycles. The summed E-state index contributed by atoms with van der Waals surface area (Å²) in [5, 5.41) is 1.21. The smallest absolute Gasteiger partial charge is 0.137 e. The largest absolute Gasteiger partial charge is 0.495 e. The lowest BCUT2D eigenvalue weighted by atomic mass is 9.78. The van der Waals surface area contributed by atoms with Crippen molar-refractivity contribution in [3.63, 3.8) is 0 Å². The van der Waals surface area contributed by atoms with Gasteiger partial charge in [-0.05, 0) is 35.4 Å². The average molecular weight is 325 g/mol. The van der Waals surface area contributed by atoms with E-state index in [1.807, 2.05) is 36.4 Å². The average Bonchev–Trinajstić information content (AvgIpc) is 2.47. The van der Waals surface area contributed by atoms with Gasteiger partial charge in [0.25, 0.3) is 0 Å². The highest BCUT2D eigenvalue weighted by Gasteiger charge is 2.25. The van der Waals surface area contributed by atoms with Gasteiger partial charge >= 0.3 is 0 Å². The van der Waals surface area contributed by atoms with E-state index in [1.165, 1.54) is 0 Å². The summed E-state index contributed by atoms with van der Waals surface area (Å²) in [6.45, 7) is 4.27. The van der Waals surface area contributed by atoms with Crippen molar-refractivity contribution in [2.75, 3.05) is 14.2 Å². The van der Waals surface area contributed by atoms with E-state index in [0.717, 1.165) is 11.1 Å². The molecule has 21 heavy (non-hydrogen) atoms. The monoisotopic (exact) mass is 324 g/mol. The molecule has 2 nitrogen and oxygen atoms in total. The predicted octanol–water partition coefficient (Wildman–Crippen LogP) is 5.34. The Hall–Kier alpha value is -1.38. The van der Waals surface area contributed by atoms with Crippen molar-refractivity contribution in [3.8, 4) is 11.5 Å². The second-order valence-corrected chi connectivity index (χ2v) is 6.14. The molecule has 0 aromatic heterocycles. The Morgan fingerprint density at radius 1 is 0.762 bits per heavy atom. The normalized spacial score (nSPS) is 11.3. The second-order valence-electron chi connectivity index (χ2n) is 5.32. The summed E-state index contributed by atoms with van der Waals surface area (Å²) in [5.74, 6) is 1.34. The molecular formula is C17H18Cl2O2. The molecule has 0 fully saturated rings. The highest BCUT2D eigenvalue weighted by Crippen LogP contribution is 2.38. The van der Waals surface area contributed by atoms with Gasteiger partial charge in [0.15, 0.2) is 0 Å². The maximum absolute atomic E-state index is 6.10. The molecule has 0 N–H and O–H groups in total. The Morgan fingerprint density at radius 3 is 1.48 bits per heavy atom. The molecular weight excluding hydrogens is 307 g/mol. The number of methoxy groups -OCH3 is 2. The van der Waals surface area contributed by atoms with Crippen LogP contribution in [0.3, 0.4) is 0 Å². The Morgan fingerprint density at radius 2 is 1.14 bits per heavy atom. The number of halogens is 2. The molecule has 0 heterocycles. The van der Waals surface area contributed by atoms with Crippen LogP contribution in [0.25, 0.3) is 0 Å². The number of rotatable bonds is 4. The molecule has 4 heteroatoms. The van der Waals surface area contributed by atoms with Crippen molar-refractivity contribution < 1.29 is 9.47 Å². The third kappa shape index (κ3) is 3.12. The van der Waals surface area contributed by atoms with E-state index >= 15 is 0 Å². The van der Waals surface area contributed by atoms with Crippen LogP contribution in [0.5, 0.6) is 11.5 Å². The van der Waals surface area contributed by atoms with Crippen LogP contribution < -0.4 is 9.47 Å². The van der Waals surface area contributed by atoms with Crippen molar-refractivity contribution in [2.24, 2.45) is 0 Å². The van der Waals surface area contributed by atoms with Crippen molar-refractivity contribution >= 4 is 23.2 Å². The summed E-state index contributed by atoms with van der Waals surface area (Å²) in [7, 11) is 3.23. The second kappa shape index (κ2) is 6.17. The van der Waals surface area contributed by atoms with Crippen molar-refractivity contribution in [1.29, 1.82) is 0 Å². The van der Waals surface area contributed by atoms with E-state index in [9.17, 15) is 0 Å².